The second kappa shape index (κ2) is 10.1. The van der Waals surface area contributed by atoms with Crippen LogP contribution in [0.25, 0.3) is 11.5 Å². The second-order valence-corrected chi connectivity index (χ2v) is 9.83. The topological polar surface area (TPSA) is 94.8 Å². The molecule has 0 saturated heterocycles. The number of halogens is 2. The van der Waals surface area contributed by atoms with Crippen LogP contribution in [0.5, 0.6) is 0 Å². The Hall–Kier alpha value is -2.91. The molecule has 180 valence electrons. The van der Waals surface area contributed by atoms with Crippen molar-refractivity contribution in [3.63, 3.8) is 0 Å². The zero-order valence-corrected chi connectivity index (χ0v) is 22.0. The number of ether oxygens (including phenoxy) is 2. The number of carbonyl (C=O) groups is 2. The maximum Gasteiger partial charge on any atom is 0.424 e. The van der Waals surface area contributed by atoms with Crippen LogP contribution in [0.3, 0.4) is 0 Å². The number of imide groups is 1. The van der Waals surface area contributed by atoms with Gasteiger partial charge in [0.2, 0.25) is 5.76 Å². The van der Waals surface area contributed by atoms with Gasteiger partial charge in [-0.2, -0.15) is 4.90 Å². The van der Waals surface area contributed by atoms with Crippen molar-refractivity contribution >= 4 is 45.4 Å². The number of hydrogen-bond donors (Lipinski definition) is 0. The molecule has 8 nitrogen and oxygen atoms in total. The van der Waals surface area contributed by atoms with E-state index in [0.717, 1.165) is 9.37 Å². The molecule has 0 N–H and O–H groups in total. The molecule has 3 aromatic rings. The summed E-state index contributed by atoms with van der Waals surface area (Å²) in [6, 6.07) is 10.5. The molecule has 0 unspecified atom stereocenters. The van der Waals surface area contributed by atoms with Gasteiger partial charge in [0.05, 0.1) is 5.69 Å². The van der Waals surface area contributed by atoms with Gasteiger partial charge in [0.15, 0.2) is 0 Å². The number of aromatic nitrogens is 2. The van der Waals surface area contributed by atoms with E-state index in [0.29, 0.717) is 22.0 Å². The van der Waals surface area contributed by atoms with Gasteiger partial charge in [-0.05, 0) is 75.7 Å². The molecule has 2 heterocycles. The van der Waals surface area contributed by atoms with Gasteiger partial charge in [-0.1, -0.05) is 35.0 Å². The first-order chi connectivity index (χ1) is 15.9. The van der Waals surface area contributed by atoms with E-state index < -0.39 is 23.9 Å². The van der Waals surface area contributed by atoms with Crippen LogP contribution in [0, 0.1) is 13.8 Å². The Balaban J connectivity index is 2.06. The highest BCUT2D eigenvalue weighted by molar-refractivity contribution is 9.10. The normalized spacial score (nSPS) is 12.2. The van der Waals surface area contributed by atoms with Crippen LogP contribution in [0.4, 0.5) is 15.3 Å². The number of carbonyl (C=O) groups excluding carboxylic acids is 2. The number of amides is 2. The van der Waals surface area contributed by atoms with Crippen LogP contribution >= 0.6 is 27.5 Å². The van der Waals surface area contributed by atoms with E-state index in [1.807, 2.05) is 6.92 Å². The summed E-state index contributed by atoms with van der Waals surface area (Å²) in [4.78, 5) is 31.9. The van der Waals surface area contributed by atoms with Crippen molar-refractivity contribution in [3.05, 3.63) is 62.8 Å². The summed E-state index contributed by atoms with van der Waals surface area (Å²) in [5.41, 5.74) is 1.16. The van der Waals surface area contributed by atoms with Crippen molar-refractivity contribution in [2.45, 2.75) is 53.2 Å². The lowest BCUT2D eigenvalue weighted by molar-refractivity contribution is 0.0546. The molecule has 1 atom stereocenters. The maximum atomic E-state index is 13.4. The third-order valence-electron chi connectivity index (χ3n) is 4.69. The lowest BCUT2D eigenvalue weighted by Gasteiger charge is -2.26. The van der Waals surface area contributed by atoms with Crippen LogP contribution in [0.1, 0.15) is 50.8 Å². The molecule has 2 aromatic heterocycles. The first-order valence-corrected chi connectivity index (χ1v) is 11.6. The van der Waals surface area contributed by atoms with Crippen LogP contribution in [0.2, 0.25) is 5.02 Å². The Bertz CT molecular complexity index is 1220. The highest BCUT2D eigenvalue weighted by Crippen LogP contribution is 2.36. The third-order valence-corrected chi connectivity index (χ3v) is 5.87. The molecule has 3 rings (SSSR count). The Kier molecular flexibility index (Phi) is 7.67. The summed E-state index contributed by atoms with van der Waals surface area (Å²) in [6.07, 6.45) is -2.66. The fourth-order valence-corrected chi connectivity index (χ4v) is 3.61. The third kappa shape index (κ3) is 5.77. The van der Waals surface area contributed by atoms with Crippen molar-refractivity contribution < 1.29 is 23.6 Å². The summed E-state index contributed by atoms with van der Waals surface area (Å²) in [5, 5.41) is 4.41. The SMILES string of the molecule is Cc1nc(-c2onc(C)c2N(C(=O)O[C@H](C)c2ccccc2Cl)C(=O)OC(C)(C)C)ccc1Br. The van der Waals surface area contributed by atoms with E-state index in [2.05, 4.69) is 26.1 Å². The first-order valence-electron chi connectivity index (χ1n) is 10.5. The molecule has 0 radical (unpaired) electrons. The fraction of sp³-hybridized carbons (Fsp3) is 0.333. The number of nitrogens with zero attached hydrogens (tertiary/aromatic N) is 3. The van der Waals surface area contributed by atoms with E-state index in [1.54, 1.807) is 71.0 Å². The van der Waals surface area contributed by atoms with Gasteiger partial charge in [-0.15, -0.1) is 0 Å². The number of benzene rings is 1. The molecule has 1 aromatic carbocycles. The van der Waals surface area contributed by atoms with Crippen molar-refractivity contribution in [2.75, 3.05) is 4.90 Å². The number of anilines is 1. The summed E-state index contributed by atoms with van der Waals surface area (Å²) in [7, 11) is 0. The minimum absolute atomic E-state index is 0.0832. The number of hydrogen-bond acceptors (Lipinski definition) is 7. The van der Waals surface area contributed by atoms with Gasteiger partial charge in [0.25, 0.3) is 0 Å². The number of pyridine rings is 1. The maximum absolute atomic E-state index is 13.4. The fourth-order valence-electron chi connectivity index (χ4n) is 3.10. The predicted octanol–water partition coefficient (Wildman–Crippen LogP) is 7.41. The van der Waals surface area contributed by atoms with E-state index in [4.69, 9.17) is 25.6 Å². The second-order valence-electron chi connectivity index (χ2n) is 8.57. The van der Waals surface area contributed by atoms with Gasteiger partial charge in [-0.25, -0.2) is 14.6 Å². The van der Waals surface area contributed by atoms with E-state index in [-0.39, 0.29) is 17.1 Å². The van der Waals surface area contributed by atoms with Crippen LogP contribution in [0.15, 0.2) is 45.4 Å². The average Bonchev–Trinajstić information content (AvgIpc) is 3.10. The first kappa shape index (κ1) is 25.7. The molecule has 0 spiro atoms. The largest absolute Gasteiger partial charge is 0.443 e. The minimum Gasteiger partial charge on any atom is -0.443 e. The molecule has 0 aliphatic carbocycles. The van der Waals surface area contributed by atoms with Crippen LogP contribution < -0.4 is 4.90 Å². The number of rotatable bonds is 4. The molecule has 2 amide bonds. The van der Waals surface area contributed by atoms with E-state index in [1.165, 1.54) is 0 Å². The Labute approximate surface area is 211 Å². The lowest BCUT2D eigenvalue weighted by atomic mass is 10.1. The van der Waals surface area contributed by atoms with Gasteiger partial charge in [0.1, 0.15) is 28.8 Å². The zero-order chi connectivity index (χ0) is 25.2. The minimum atomic E-state index is -0.969. The average molecular weight is 551 g/mol. The van der Waals surface area contributed by atoms with Gasteiger partial charge >= 0.3 is 12.2 Å². The van der Waals surface area contributed by atoms with Crippen LogP contribution in [-0.2, 0) is 9.47 Å². The van der Waals surface area contributed by atoms with Gasteiger partial charge in [0, 0.05) is 15.1 Å². The molecule has 0 aliphatic rings. The molecular weight excluding hydrogens is 526 g/mol. The summed E-state index contributed by atoms with van der Waals surface area (Å²) >= 11 is 9.67. The molecule has 0 aliphatic heterocycles. The van der Waals surface area contributed by atoms with Crippen molar-refractivity contribution in [3.8, 4) is 11.5 Å². The predicted molar refractivity (Wildman–Crippen MR) is 132 cm³/mol. The molecule has 34 heavy (non-hydrogen) atoms. The highest BCUT2D eigenvalue weighted by Gasteiger charge is 2.37. The molecular formula is C24H25BrClN3O5. The Morgan fingerprint density at radius 2 is 1.76 bits per heavy atom. The monoisotopic (exact) mass is 549 g/mol. The van der Waals surface area contributed by atoms with Crippen molar-refractivity contribution in [1.29, 1.82) is 0 Å². The smallest absolute Gasteiger partial charge is 0.424 e. The summed E-state index contributed by atoms with van der Waals surface area (Å²) in [5.74, 6) is 0.126. The molecule has 0 bridgehead atoms. The van der Waals surface area contributed by atoms with E-state index in [9.17, 15) is 9.59 Å². The quantitative estimate of drug-likeness (QED) is 0.334. The van der Waals surface area contributed by atoms with Crippen molar-refractivity contribution in [2.24, 2.45) is 0 Å². The van der Waals surface area contributed by atoms with Crippen LogP contribution in [-0.4, -0.2) is 27.9 Å². The van der Waals surface area contributed by atoms with E-state index >= 15 is 0 Å². The molecule has 0 fully saturated rings. The summed E-state index contributed by atoms with van der Waals surface area (Å²) < 4.78 is 17.4. The summed E-state index contributed by atoms with van der Waals surface area (Å²) in [6.45, 7) is 10.2. The molecule has 10 heteroatoms. The lowest BCUT2D eigenvalue weighted by Crippen LogP contribution is -2.42. The number of aryl methyl sites for hydroxylation is 2. The van der Waals surface area contributed by atoms with Gasteiger partial charge < -0.3 is 14.0 Å². The Morgan fingerprint density at radius 1 is 1.09 bits per heavy atom. The standard InChI is InChI=1S/C24H25BrClN3O5/c1-13-17(25)11-12-19(27-13)21-20(14(2)28-34-21)29(23(31)33-24(4,5)6)22(30)32-15(3)16-9-7-8-10-18(16)26/h7-12,15H,1-6H3/t15-/m1/s1. The Morgan fingerprint density at radius 3 is 2.38 bits per heavy atom. The zero-order valence-electron chi connectivity index (χ0n) is 19.7. The highest BCUT2D eigenvalue weighted by atomic mass is 79.9. The van der Waals surface area contributed by atoms with Crippen molar-refractivity contribution in [1.82, 2.24) is 10.1 Å². The van der Waals surface area contributed by atoms with Gasteiger partial charge in [-0.3, -0.25) is 0 Å². The molecule has 0 saturated carbocycles.